The van der Waals surface area contributed by atoms with Crippen LogP contribution in [0.25, 0.3) is 0 Å². The van der Waals surface area contributed by atoms with E-state index < -0.39 is 0 Å². The molecule has 1 spiro atoms. The molecule has 7 heteroatoms. The third kappa shape index (κ3) is 6.97. The monoisotopic (exact) mass is 557 g/mol. The maximum Gasteiger partial charge on any atom is 0.191 e. The Bertz CT molecular complexity index is 718. The van der Waals surface area contributed by atoms with E-state index in [-0.39, 0.29) is 35.6 Å². The zero-order valence-electron chi connectivity index (χ0n) is 19.4. The Morgan fingerprint density at radius 1 is 1.19 bits per heavy atom. The average Bonchev–Trinajstić information content (AvgIpc) is 3.24. The first-order valence-electron chi connectivity index (χ1n) is 12.3. The SMILES string of the molecule is CCNC(=NCCCOCC1CCOCC1)NC1CC2(CCCC2)Oc2ccccc21.I. The predicted octanol–water partition coefficient (Wildman–Crippen LogP) is 4.83. The highest BCUT2D eigenvalue weighted by atomic mass is 127. The maximum absolute atomic E-state index is 6.50. The first kappa shape index (κ1) is 25.6. The molecule has 0 radical (unpaired) electrons. The van der Waals surface area contributed by atoms with Gasteiger partial charge in [0.1, 0.15) is 11.4 Å². The normalized spacial score (nSPS) is 22.7. The third-order valence-corrected chi connectivity index (χ3v) is 6.78. The van der Waals surface area contributed by atoms with Crippen LogP contribution in [0.5, 0.6) is 5.75 Å². The quantitative estimate of drug-likeness (QED) is 0.208. The van der Waals surface area contributed by atoms with Crippen molar-refractivity contribution < 1.29 is 14.2 Å². The first-order chi connectivity index (χ1) is 15.3. The molecule has 1 unspecified atom stereocenters. The Kier molecular flexibility index (Phi) is 10.4. The zero-order valence-corrected chi connectivity index (χ0v) is 21.8. The fourth-order valence-electron chi connectivity index (χ4n) is 5.08. The van der Waals surface area contributed by atoms with Gasteiger partial charge in [-0.05, 0) is 63.9 Å². The number of nitrogens with one attached hydrogen (secondary N) is 2. The van der Waals surface area contributed by atoms with Gasteiger partial charge in [0, 0.05) is 51.5 Å². The molecule has 2 heterocycles. The lowest BCUT2D eigenvalue weighted by molar-refractivity contribution is 0.0205. The van der Waals surface area contributed by atoms with Gasteiger partial charge in [0.25, 0.3) is 0 Å². The van der Waals surface area contributed by atoms with Crippen molar-refractivity contribution in [3.05, 3.63) is 29.8 Å². The molecule has 1 atom stereocenters. The summed E-state index contributed by atoms with van der Waals surface area (Å²) in [6.07, 6.45) is 9.02. The van der Waals surface area contributed by atoms with E-state index in [0.29, 0.717) is 5.92 Å². The largest absolute Gasteiger partial charge is 0.487 e. The van der Waals surface area contributed by atoms with Gasteiger partial charge in [-0.15, -0.1) is 24.0 Å². The number of benzene rings is 1. The molecule has 1 saturated heterocycles. The topological polar surface area (TPSA) is 64.1 Å². The van der Waals surface area contributed by atoms with Gasteiger partial charge < -0.3 is 24.8 Å². The van der Waals surface area contributed by atoms with Gasteiger partial charge in [0.2, 0.25) is 0 Å². The van der Waals surface area contributed by atoms with E-state index in [1.165, 1.54) is 18.4 Å². The summed E-state index contributed by atoms with van der Waals surface area (Å²) in [5.74, 6) is 2.58. The van der Waals surface area contributed by atoms with Gasteiger partial charge in [-0.25, -0.2) is 0 Å². The van der Waals surface area contributed by atoms with Crippen molar-refractivity contribution in [2.24, 2.45) is 10.9 Å². The number of nitrogens with zero attached hydrogens (tertiary/aromatic N) is 1. The molecular formula is C25H40IN3O3. The Morgan fingerprint density at radius 2 is 1.97 bits per heavy atom. The second-order valence-electron chi connectivity index (χ2n) is 9.18. The molecule has 2 N–H and O–H groups in total. The van der Waals surface area contributed by atoms with Crippen LogP contribution in [0.3, 0.4) is 0 Å². The number of hydrogen-bond donors (Lipinski definition) is 2. The van der Waals surface area contributed by atoms with Gasteiger partial charge >= 0.3 is 0 Å². The van der Waals surface area contributed by atoms with Crippen LogP contribution in [0.4, 0.5) is 0 Å². The minimum atomic E-state index is -0.0126. The number of hydrogen-bond acceptors (Lipinski definition) is 4. The second-order valence-corrected chi connectivity index (χ2v) is 9.18. The molecular weight excluding hydrogens is 517 g/mol. The summed E-state index contributed by atoms with van der Waals surface area (Å²) >= 11 is 0. The summed E-state index contributed by atoms with van der Waals surface area (Å²) < 4.78 is 17.8. The van der Waals surface area contributed by atoms with Crippen molar-refractivity contribution in [1.29, 1.82) is 0 Å². The smallest absolute Gasteiger partial charge is 0.191 e. The van der Waals surface area contributed by atoms with Crippen molar-refractivity contribution in [3.8, 4) is 5.75 Å². The van der Waals surface area contributed by atoms with Crippen LogP contribution in [-0.4, -0.2) is 51.1 Å². The Morgan fingerprint density at radius 3 is 2.75 bits per heavy atom. The molecule has 1 aromatic rings. The number of ether oxygens (including phenoxy) is 3. The lowest BCUT2D eigenvalue weighted by Crippen LogP contribution is -2.46. The van der Waals surface area contributed by atoms with Crippen LogP contribution >= 0.6 is 24.0 Å². The number of guanidine groups is 1. The van der Waals surface area contributed by atoms with Crippen LogP contribution in [0.2, 0.25) is 0 Å². The lowest BCUT2D eigenvalue weighted by atomic mass is 9.86. The van der Waals surface area contributed by atoms with Crippen molar-refractivity contribution >= 4 is 29.9 Å². The number of rotatable bonds is 8. The van der Waals surface area contributed by atoms with E-state index in [1.807, 2.05) is 0 Å². The van der Waals surface area contributed by atoms with E-state index in [9.17, 15) is 0 Å². The Labute approximate surface area is 210 Å². The highest BCUT2D eigenvalue weighted by molar-refractivity contribution is 14.0. The summed E-state index contributed by atoms with van der Waals surface area (Å²) in [5, 5.41) is 7.14. The Balaban J connectivity index is 0.00000289. The lowest BCUT2D eigenvalue weighted by Gasteiger charge is -2.40. The van der Waals surface area contributed by atoms with Gasteiger partial charge in [-0.3, -0.25) is 4.99 Å². The number of halogens is 1. The zero-order chi connectivity index (χ0) is 21.4. The standard InChI is InChI=1S/C25H39N3O3.HI/c1-2-26-24(27-14-7-15-30-19-20-10-16-29-17-11-20)28-22-18-25(12-5-6-13-25)31-23-9-4-3-8-21(22)23;/h3-4,8-9,20,22H,2,5-7,10-19H2,1H3,(H2,26,27,28);1H. The summed E-state index contributed by atoms with van der Waals surface area (Å²) in [4.78, 5) is 4.83. The van der Waals surface area contributed by atoms with Gasteiger partial charge in [0.15, 0.2) is 5.96 Å². The molecule has 180 valence electrons. The summed E-state index contributed by atoms with van der Waals surface area (Å²) in [6.45, 7) is 7.11. The molecule has 32 heavy (non-hydrogen) atoms. The highest BCUT2D eigenvalue weighted by Gasteiger charge is 2.43. The first-order valence-corrected chi connectivity index (χ1v) is 12.3. The highest BCUT2D eigenvalue weighted by Crippen LogP contribution is 2.46. The molecule has 2 aliphatic heterocycles. The molecule has 0 amide bonds. The number of aliphatic imine (C=N–C) groups is 1. The van der Waals surface area contributed by atoms with E-state index in [2.05, 4.69) is 41.8 Å². The van der Waals surface area contributed by atoms with E-state index in [4.69, 9.17) is 19.2 Å². The molecule has 1 aliphatic carbocycles. The molecule has 1 saturated carbocycles. The molecule has 0 bridgehead atoms. The van der Waals surface area contributed by atoms with Crippen molar-refractivity contribution in [3.63, 3.8) is 0 Å². The maximum atomic E-state index is 6.50. The minimum Gasteiger partial charge on any atom is -0.487 e. The van der Waals surface area contributed by atoms with Gasteiger partial charge in [-0.1, -0.05) is 18.2 Å². The van der Waals surface area contributed by atoms with Crippen molar-refractivity contribution in [2.45, 2.75) is 69.9 Å². The van der Waals surface area contributed by atoms with Crippen LogP contribution < -0.4 is 15.4 Å². The second kappa shape index (κ2) is 13.0. The number of para-hydroxylation sites is 1. The average molecular weight is 558 g/mol. The Hall–Kier alpha value is -1.06. The molecule has 0 aromatic heterocycles. The van der Waals surface area contributed by atoms with Crippen LogP contribution in [0.1, 0.15) is 69.9 Å². The van der Waals surface area contributed by atoms with Crippen molar-refractivity contribution in [2.75, 3.05) is 39.5 Å². The van der Waals surface area contributed by atoms with Crippen molar-refractivity contribution in [1.82, 2.24) is 10.6 Å². The summed E-state index contributed by atoms with van der Waals surface area (Å²) in [6, 6.07) is 8.70. The van der Waals surface area contributed by atoms with Crippen LogP contribution in [0, 0.1) is 5.92 Å². The van der Waals surface area contributed by atoms with Gasteiger partial charge in [0.05, 0.1) is 6.04 Å². The summed E-state index contributed by atoms with van der Waals surface area (Å²) in [5.41, 5.74) is 1.23. The predicted molar refractivity (Wildman–Crippen MR) is 139 cm³/mol. The molecule has 6 nitrogen and oxygen atoms in total. The van der Waals surface area contributed by atoms with Gasteiger partial charge in [-0.2, -0.15) is 0 Å². The van der Waals surface area contributed by atoms with E-state index in [1.54, 1.807) is 0 Å². The van der Waals surface area contributed by atoms with E-state index in [0.717, 1.165) is 89.8 Å². The van der Waals surface area contributed by atoms with Crippen LogP contribution in [-0.2, 0) is 9.47 Å². The fraction of sp³-hybridized carbons (Fsp3) is 0.720. The molecule has 4 rings (SSSR count). The van der Waals surface area contributed by atoms with Crippen LogP contribution in [0.15, 0.2) is 29.3 Å². The summed E-state index contributed by atoms with van der Waals surface area (Å²) in [7, 11) is 0. The fourth-order valence-corrected chi connectivity index (χ4v) is 5.08. The minimum absolute atomic E-state index is 0. The van der Waals surface area contributed by atoms with E-state index >= 15 is 0 Å². The third-order valence-electron chi connectivity index (χ3n) is 6.78. The molecule has 3 aliphatic rings. The number of fused-ring (bicyclic) bond motifs is 1. The molecule has 1 aromatic carbocycles. The molecule has 2 fully saturated rings.